The zero-order valence-corrected chi connectivity index (χ0v) is 43.5. The largest absolute Gasteiger partial charge is 0.335 e. The zero-order valence-electron chi connectivity index (χ0n) is 41.7. The van der Waals surface area contributed by atoms with E-state index >= 15 is 0 Å². The predicted octanol–water partition coefficient (Wildman–Crippen LogP) is 13.9. The molecule has 5 heteroatoms. The molecule has 9 aliphatic rings. The molecule has 6 aliphatic carbocycles. The lowest BCUT2D eigenvalue weighted by Gasteiger charge is -2.57. The molecule has 1 fully saturated rings. The Morgan fingerprint density at radius 1 is 0.762 bits per heavy atom. The molecule has 3 heterocycles. The van der Waals surface area contributed by atoms with Crippen LogP contribution in [0.4, 0.5) is 5.69 Å². The highest BCUT2D eigenvalue weighted by Gasteiger charge is 2.59. The molecule has 0 N–H and O–H groups in total. The SMILES string of the molecule is C[Si]C1C=C(C(C)(C)C)C#CC1N1C2=CC(C)=CC3C2B(C2=C1C1C=C(C(C)(C)C)C=CC1S2)c1cc2c(cc1N3C1=C[C@@H]3C(C=C1)C(C)(C)CCC3(C)C)C(C)(C)CCC2(C)C. The van der Waals surface area contributed by atoms with Crippen LogP contribution in [0, 0.1) is 51.3 Å². The lowest BCUT2D eigenvalue weighted by Crippen LogP contribution is -2.61. The van der Waals surface area contributed by atoms with Crippen LogP contribution < -0.4 is 10.4 Å². The first-order chi connectivity index (χ1) is 29.3. The van der Waals surface area contributed by atoms with Gasteiger partial charge in [-0.15, -0.1) is 11.8 Å². The van der Waals surface area contributed by atoms with Crippen LogP contribution in [0.1, 0.15) is 141 Å². The number of nitrogens with zero attached hydrogens (tertiary/aromatic N) is 2. The minimum absolute atomic E-state index is 0.0338. The van der Waals surface area contributed by atoms with E-state index in [2.05, 4.69) is 211 Å². The number of benzene rings is 1. The summed E-state index contributed by atoms with van der Waals surface area (Å²) in [6, 6.07) is 5.78. The highest BCUT2D eigenvalue weighted by Crippen LogP contribution is 2.62. The lowest BCUT2D eigenvalue weighted by molar-refractivity contribution is 0.0326. The van der Waals surface area contributed by atoms with Gasteiger partial charge < -0.3 is 9.80 Å². The Morgan fingerprint density at radius 3 is 2.08 bits per heavy atom. The molecule has 10 rings (SSSR count). The van der Waals surface area contributed by atoms with Crippen molar-refractivity contribution in [1.82, 2.24) is 4.90 Å². The van der Waals surface area contributed by atoms with Crippen molar-refractivity contribution in [1.29, 1.82) is 0 Å². The van der Waals surface area contributed by atoms with Gasteiger partial charge in [0.1, 0.15) is 0 Å². The van der Waals surface area contributed by atoms with E-state index in [1.54, 1.807) is 27.1 Å². The third-order valence-corrected chi connectivity index (χ3v) is 20.2. The van der Waals surface area contributed by atoms with Gasteiger partial charge in [0.2, 0.25) is 6.71 Å². The standard InChI is InChI=1S/C58H75BN2SSi/c1-34-27-46-50-47(28-34)61(44-21-17-36(54(5,6)7)30-49(44)63-16)51-38-29-35(53(2,3)4)18-22-48(38)62-52(51)59(50)43-32-41-42(58(14,15)26-25-57(41,12)13)33-45(43)60(46)37-19-20-39-40(31-37)56(10,11)24-23-55(39,8)9/h18-20,22,27-33,38-40,44,46,48-50H,23-26H2,1-16H3/t38?,39?,40-,44?,46?,48?,49?,50?/m1/s1. The second-order valence-corrected chi connectivity index (χ2v) is 28.3. The monoisotopic (exact) mass is 871 g/mol. The van der Waals surface area contributed by atoms with E-state index in [0.29, 0.717) is 28.5 Å². The topological polar surface area (TPSA) is 6.48 Å². The summed E-state index contributed by atoms with van der Waals surface area (Å²) in [5.74, 6) is 9.48. The van der Waals surface area contributed by atoms with Crippen LogP contribution in [0.2, 0.25) is 17.9 Å². The van der Waals surface area contributed by atoms with Gasteiger partial charge in [-0.05, 0) is 122 Å². The molecule has 0 bridgehead atoms. The van der Waals surface area contributed by atoms with Crippen LogP contribution in [-0.2, 0) is 10.8 Å². The third kappa shape index (κ3) is 6.77. The minimum atomic E-state index is 0.0338. The Hall–Kier alpha value is -3.07. The van der Waals surface area contributed by atoms with E-state index in [9.17, 15) is 0 Å². The number of rotatable bonds is 3. The summed E-state index contributed by atoms with van der Waals surface area (Å²) in [4.78, 5) is 7.39. The van der Waals surface area contributed by atoms with Gasteiger partial charge in [0.25, 0.3) is 0 Å². The third-order valence-electron chi connectivity index (χ3n) is 17.6. The maximum atomic E-state index is 4.05. The number of fused-ring (bicyclic) bond motifs is 7. The number of hydrogen-bond acceptors (Lipinski definition) is 3. The normalized spacial score (nSPS) is 33.8. The number of allylic oxidation sites excluding steroid dienone is 9. The van der Waals surface area contributed by atoms with Gasteiger partial charge in [-0.25, -0.2) is 0 Å². The summed E-state index contributed by atoms with van der Waals surface area (Å²) in [5.41, 5.74) is 16.0. The van der Waals surface area contributed by atoms with Crippen LogP contribution >= 0.6 is 11.8 Å². The molecule has 3 aliphatic heterocycles. The second-order valence-electron chi connectivity index (χ2n) is 25.9. The van der Waals surface area contributed by atoms with Crippen molar-refractivity contribution in [3.05, 3.63) is 117 Å². The fraction of sp³-hybridized carbons (Fsp3) is 0.586. The van der Waals surface area contributed by atoms with Crippen LogP contribution in [-0.4, -0.2) is 38.5 Å². The zero-order chi connectivity index (χ0) is 45.1. The number of thioether (sulfide) groups is 1. The molecule has 0 amide bonds. The molecule has 0 spiro atoms. The van der Waals surface area contributed by atoms with Crippen LogP contribution in [0.15, 0.2) is 105 Å². The first-order valence-corrected chi connectivity index (χ1v) is 27.1. The fourth-order valence-electron chi connectivity index (χ4n) is 13.4. The highest BCUT2D eigenvalue weighted by atomic mass is 32.2. The highest BCUT2D eigenvalue weighted by molar-refractivity contribution is 8.06. The van der Waals surface area contributed by atoms with Gasteiger partial charge in [0, 0.05) is 60.4 Å². The first-order valence-electron chi connectivity index (χ1n) is 24.6. The van der Waals surface area contributed by atoms with Crippen molar-refractivity contribution in [2.24, 2.45) is 39.4 Å². The van der Waals surface area contributed by atoms with E-state index in [-0.39, 0.29) is 57.1 Å². The molecule has 0 aromatic heterocycles. The van der Waals surface area contributed by atoms with E-state index in [0.717, 1.165) is 9.52 Å². The van der Waals surface area contributed by atoms with Crippen molar-refractivity contribution in [3.63, 3.8) is 0 Å². The molecule has 2 radical (unpaired) electrons. The minimum Gasteiger partial charge on any atom is -0.335 e. The molecule has 7 unspecified atom stereocenters. The maximum Gasteiger partial charge on any atom is 0.234 e. The van der Waals surface area contributed by atoms with Gasteiger partial charge in [-0.1, -0.05) is 169 Å². The van der Waals surface area contributed by atoms with Crippen LogP contribution in [0.5, 0.6) is 0 Å². The van der Waals surface area contributed by atoms with Crippen LogP contribution in [0.25, 0.3) is 0 Å². The van der Waals surface area contributed by atoms with Crippen molar-refractivity contribution in [2.75, 3.05) is 4.90 Å². The first kappa shape index (κ1) is 43.8. The molecule has 1 saturated carbocycles. The number of anilines is 1. The Labute approximate surface area is 390 Å². The van der Waals surface area contributed by atoms with Gasteiger partial charge in [-0.3, -0.25) is 0 Å². The second kappa shape index (κ2) is 14.2. The summed E-state index contributed by atoms with van der Waals surface area (Å²) in [7, 11) is 0.765. The molecule has 330 valence electrons. The summed E-state index contributed by atoms with van der Waals surface area (Å²) >= 11 is 2.20. The van der Waals surface area contributed by atoms with E-state index < -0.39 is 0 Å². The Balaban J connectivity index is 1.26. The summed E-state index contributed by atoms with van der Waals surface area (Å²) < 4.78 is 0. The molecular weight excluding hydrogens is 796 g/mol. The summed E-state index contributed by atoms with van der Waals surface area (Å²) in [6.45, 7) is 39.5. The molecule has 63 heavy (non-hydrogen) atoms. The van der Waals surface area contributed by atoms with E-state index in [1.165, 1.54) is 59.5 Å². The van der Waals surface area contributed by atoms with Crippen LogP contribution in [0.3, 0.4) is 0 Å². The van der Waals surface area contributed by atoms with Crippen molar-refractivity contribution >= 4 is 39.1 Å². The molecule has 1 aromatic carbocycles. The van der Waals surface area contributed by atoms with Gasteiger partial charge in [0.15, 0.2) is 0 Å². The van der Waals surface area contributed by atoms with Gasteiger partial charge in [-0.2, -0.15) is 0 Å². The Kier molecular flexibility index (Phi) is 9.89. The molecular formula is C58H75BN2SSi. The van der Waals surface area contributed by atoms with E-state index in [1.807, 2.05) is 0 Å². The average Bonchev–Trinajstić information content (AvgIpc) is 3.58. The molecule has 0 saturated heterocycles. The fourth-order valence-corrected chi connectivity index (χ4v) is 15.8. The van der Waals surface area contributed by atoms with E-state index in [4.69, 9.17) is 0 Å². The van der Waals surface area contributed by atoms with Crippen molar-refractivity contribution in [2.45, 2.75) is 176 Å². The summed E-state index contributed by atoms with van der Waals surface area (Å²) in [5, 5.41) is 0.379. The predicted molar refractivity (Wildman–Crippen MR) is 275 cm³/mol. The quantitative estimate of drug-likeness (QED) is 0.221. The summed E-state index contributed by atoms with van der Waals surface area (Å²) in [6.07, 6.45) is 28.6. The molecule has 1 aromatic rings. The molecule has 2 nitrogen and oxygen atoms in total. The Morgan fingerprint density at radius 2 is 1.43 bits per heavy atom. The average molecular weight is 871 g/mol. The van der Waals surface area contributed by atoms with Gasteiger partial charge in [0.05, 0.1) is 12.1 Å². The van der Waals surface area contributed by atoms with Gasteiger partial charge >= 0.3 is 0 Å². The lowest BCUT2D eigenvalue weighted by atomic mass is 9.30. The smallest absolute Gasteiger partial charge is 0.234 e. The van der Waals surface area contributed by atoms with Crippen molar-refractivity contribution < 1.29 is 0 Å². The Bertz CT molecular complexity index is 2490. The maximum absolute atomic E-state index is 4.05. The number of hydrogen-bond donors (Lipinski definition) is 0. The van der Waals surface area contributed by atoms with Crippen molar-refractivity contribution in [3.8, 4) is 11.8 Å². The molecule has 8 atom stereocenters.